The van der Waals surface area contributed by atoms with Crippen LogP contribution in [0.1, 0.15) is 25.3 Å². The van der Waals surface area contributed by atoms with E-state index in [0.29, 0.717) is 17.7 Å². The van der Waals surface area contributed by atoms with Crippen molar-refractivity contribution < 1.29 is 19.8 Å². The first kappa shape index (κ1) is 16.8. The number of carboxylic acid groups (broad SMARTS) is 1. The molecule has 1 aromatic rings. The molecule has 1 amide bonds. The molecule has 126 valence electrons. The van der Waals surface area contributed by atoms with Crippen LogP contribution in [-0.4, -0.2) is 38.0 Å². The maximum Gasteiger partial charge on any atom is 0.353 e. The smallest absolute Gasteiger partial charge is 0.353 e. The van der Waals surface area contributed by atoms with Crippen LogP contribution in [0.3, 0.4) is 0 Å². The van der Waals surface area contributed by atoms with Crippen molar-refractivity contribution in [1.29, 1.82) is 0 Å². The largest absolute Gasteiger partial charge is 0.477 e. The van der Waals surface area contributed by atoms with Gasteiger partial charge in [-0.05, 0) is 18.4 Å². The van der Waals surface area contributed by atoms with Crippen LogP contribution in [0.15, 0.2) is 48.7 Å². The fourth-order valence-electron chi connectivity index (χ4n) is 3.47. The van der Waals surface area contributed by atoms with Gasteiger partial charge < -0.3 is 10.2 Å². The SMILES string of the molecule is C=CC[C@]12SC(c3ccccc3)=C(C(=O)O)N1C(=O)[C@H]2[C@@H](O)CC. The maximum absolute atomic E-state index is 12.6. The van der Waals surface area contributed by atoms with Crippen LogP contribution in [0.4, 0.5) is 0 Å². The normalized spacial score (nSPS) is 26.8. The number of amides is 1. The lowest BCUT2D eigenvalue weighted by Crippen LogP contribution is -2.70. The first-order chi connectivity index (χ1) is 11.5. The summed E-state index contributed by atoms with van der Waals surface area (Å²) in [6.07, 6.45) is 1.73. The highest BCUT2D eigenvalue weighted by Gasteiger charge is 2.68. The second kappa shape index (κ2) is 6.11. The summed E-state index contributed by atoms with van der Waals surface area (Å²) in [7, 11) is 0. The number of aliphatic hydroxyl groups is 1. The minimum absolute atomic E-state index is 0.00222. The van der Waals surface area contributed by atoms with E-state index in [1.54, 1.807) is 6.08 Å². The Morgan fingerprint density at radius 2 is 2.12 bits per heavy atom. The lowest BCUT2D eigenvalue weighted by molar-refractivity contribution is -0.167. The average molecular weight is 345 g/mol. The molecule has 0 unspecified atom stereocenters. The third-order valence-corrected chi connectivity index (χ3v) is 6.14. The number of rotatable bonds is 6. The van der Waals surface area contributed by atoms with Crippen LogP contribution in [0.5, 0.6) is 0 Å². The van der Waals surface area contributed by atoms with Gasteiger partial charge in [0.2, 0.25) is 5.91 Å². The summed E-state index contributed by atoms with van der Waals surface area (Å²) in [6.45, 7) is 5.56. The molecule has 3 atom stereocenters. The highest BCUT2D eigenvalue weighted by atomic mass is 32.2. The van der Waals surface area contributed by atoms with Crippen molar-refractivity contribution in [3.8, 4) is 0 Å². The highest BCUT2D eigenvalue weighted by molar-refractivity contribution is 8.10. The number of carboxylic acids is 1. The van der Waals surface area contributed by atoms with Crippen LogP contribution < -0.4 is 0 Å². The minimum atomic E-state index is -1.13. The molecule has 2 aliphatic heterocycles. The van der Waals surface area contributed by atoms with E-state index in [2.05, 4.69) is 6.58 Å². The van der Waals surface area contributed by atoms with Gasteiger partial charge in [-0.2, -0.15) is 0 Å². The standard InChI is InChI=1S/C18H19NO4S/c1-3-10-18-13(12(20)4-2)16(21)19(18)14(17(22)23)15(24-18)11-8-6-5-7-9-11/h3,5-9,12-13,20H,1,4,10H2,2H3,(H,22,23)/t12-,13+,18+/m0/s1. The summed E-state index contributed by atoms with van der Waals surface area (Å²) in [4.78, 5) is 25.6. The van der Waals surface area contributed by atoms with Crippen LogP contribution >= 0.6 is 11.8 Å². The summed E-state index contributed by atoms with van der Waals surface area (Å²) in [5, 5.41) is 20.0. The molecule has 3 rings (SSSR count). The van der Waals surface area contributed by atoms with Crippen molar-refractivity contribution in [2.75, 3.05) is 0 Å². The van der Waals surface area contributed by atoms with Gasteiger partial charge in [0, 0.05) is 4.91 Å². The Labute approximate surface area is 144 Å². The Morgan fingerprint density at radius 1 is 1.46 bits per heavy atom. The predicted octanol–water partition coefficient (Wildman–Crippen LogP) is 2.69. The fourth-order valence-corrected chi connectivity index (χ4v) is 5.21. The topological polar surface area (TPSA) is 77.8 Å². The monoisotopic (exact) mass is 345 g/mol. The quantitative estimate of drug-likeness (QED) is 0.612. The Bertz CT molecular complexity index is 730. The van der Waals surface area contributed by atoms with Crippen LogP contribution in [0.25, 0.3) is 4.91 Å². The first-order valence-electron chi connectivity index (χ1n) is 7.83. The van der Waals surface area contributed by atoms with Crippen molar-refractivity contribution in [3.05, 3.63) is 54.2 Å². The predicted molar refractivity (Wildman–Crippen MR) is 92.8 cm³/mol. The summed E-state index contributed by atoms with van der Waals surface area (Å²) in [5.41, 5.74) is 0.757. The van der Waals surface area contributed by atoms with E-state index in [1.807, 2.05) is 37.3 Å². The fraction of sp³-hybridized carbons (Fsp3) is 0.333. The summed E-state index contributed by atoms with van der Waals surface area (Å²) in [6, 6.07) is 9.17. The van der Waals surface area contributed by atoms with Crippen molar-refractivity contribution in [2.45, 2.75) is 30.7 Å². The Morgan fingerprint density at radius 3 is 2.67 bits per heavy atom. The summed E-state index contributed by atoms with van der Waals surface area (Å²) < 4.78 is 0. The van der Waals surface area contributed by atoms with Gasteiger partial charge in [-0.3, -0.25) is 9.69 Å². The molecule has 2 heterocycles. The number of carbonyl (C=O) groups is 2. The molecule has 0 radical (unpaired) electrons. The van der Waals surface area contributed by atoms with Crippen molar-refractivity contribution >= 4 is 28.5 Å². The molecule has 1 saturated heterocycles. The number of aliphatic hydroxyl groups excluding tert-OH is 1. The Kier molecular flexibility index (Phi) is 4.27. The number of carbonyl (C=O) groups excluding carboxylic acids is 1. The molecule has 2 N–H and O–H groups in total. The van der Waals surface area contributed by atoms with E-state index in [4.69, 9.17) is 0 Å². The minimum Gasteiger partial charge on any atom is -0.477 e. The van der Waals surface area contributed by atoms with E-state index < -0.39 is 22.9 Å². The lowest BCUT2D eigenvalue weighted by atomic mass is 9.78. The van der Waals surface area contributed by atoms with E-state index in [0.717, 1.165) is 5.56 Å². The van der Waals surface area contributed by atoms with Gasteiger partial charge in [-0.25, -0.2) is 4.79 Å². The Hall–Kier alpha value is -2.05. The van der Waals surface area contributed by atoms with E-state index in [9.17, 15) is 19.8 Å². The second-order valence-corrected chi connectivity index (χ2v) is 7.23. The number of nitrogens with zero attached hydrogens (tertiary/aromatic N) is 1. The maximum atomic E-state index is 12.6. The molecule has 0 saturated carbocycles. The molecule has 6 heteroatoms. The van der Waals surface area contributed by atoms with Crippen molar-refractivity contribution in [1.82, 2.24) is 4.90 Å². The van der Waals surface area contributed by atoms with E-state index in [-0.39, 0.29) is 11.6 Å². The highest BCUT2D eigenvalue weighted by Crippen LogP contribution is 2.63. The number of benzene rings is 1. The molecule has 1 aromatic carbocycles. The number of fused-ring (bicyclic) bond motifs is 1. The molecule has 24 heavy (non-hydrogen) atoms. The van der Waals surface area contributed by atoms with Gasteiger partial charge in [-0.1, -0.05) is 55.1 Å². The van der Waals surface area contributed by atoms with Gasteiger partial charge in [0.05, 0.1) is 12.0 Å². The molecular formula is C18H19NO4S. The molecule has 5 nitrogen and oxygen atoms in total. The van der Waals surface area contributed by atoms with Gasteiger partial charge in [-0.15, -0.1) is 6.58 Å². The third kappa shape index (κ3) is 2.21. The first-order valence-corrected chi connectivity index (χ1v) is 8.64. The Balaban J connectivity index is 2.12. The number of β-lactam (4-membered cyclic amide) rings is 1. The molecule has 0 bridgehead atoms. The van der Waals surface area contributed by atoms with Gasteiger partial charge in [0.25, 0.3) is 0 Å². The molecule has 1 fully saturated rings. The zero-order valence-corrected chi connectivity index (χ0v) is 14.1. The summed E-state index contributed by atoms with van der Waals surface area (Å²) >= 11 is 1.35. The van der Waals surface area contributed by atoms with Crippen LogP contribution in [-0.2, 0) is 9.59 Å². The van der Waals surface area contributed by atoms with Crippen LogP contribution in [0, 0.1) is 5.92 Å². The van der Waals surface area contributed by atoms with Gasteiger partial charge >= 0.3 is 5.97 Å². The summed E-state index contributed by atoms with van der Waals surface area (Å²) in [5.74, 6) is -2.09. The average Bonchev–Trinajstić information content (AvgIpc) is 2.87. The number of thioether (sulfide) groups is 1. The lowest BCUT2D eigenvalue weighted by Gasteiger charge is -2.54. The van der Waals surface area contributed by atoms with Gasteiger partial charge in [0.1, 0.15) is 10.6 Å². The number of hydrogen-bond acceptors (Lipinski definition) is 4. The zero-order valence-electron chi connectivity index (χ0n) is 13.3. The van der Waals surface area contributed by atoms with Crippen molar-refractivity contribution in [3.63, 3.8) is 0 Å². The molecule has 2 aliphatic rings. The second-order valence-electron chi connectivity index (χ2n) is 5.92. The van der Waals surface area contributed by atoms with Gasteiger partial charge in [0.15, 0.2) is 0 Å². The van der Waals surface area contributed by atoms with Crippen molar-refractivity contribution in [2.24, 2.45) is 5.92 Å². The number of hydrogen-bond donors (Lipinski definition) is 2. The molecule has 0 aromatic heterocycles. The molecule has 0 spiro atoms. The van der Waals surface area contributed by atoms with Crippen LogP contribution in [0.2, 0.25) is 0 Å². The van der Waals surface area contributed by atoms with E-state index >= 15 is 0 Å². The third-order valence-electron chi connectivity index (χ3n) is 4.55. The zero-order chi connectivity index (χ0) is 17.5. The van der Waals surface area contributed by atoms with E-state index in [1.165, 1.54) is 16.7 Å². The number of aliphatic carboxylic acids is 1. The molecule has 0 aliphatic carbocycles. The molecular weight excluding hydrogens is 326 g/mol.